The van der Waals surface area contributed by atoms with Gasteiger partial charge < -0.3 is 4.74 Å². The van der Waals surface area contributed by atoms with Crippen LogP contribution in [0.1, 0.15) is 38.3 Å². The highest BCUT2D eigenvalue weighted by atomic mass is 16.6. The molecule has 0 aromatic carbocycles. The zero-order valence-corrected chi connectivity index (χ0v) is 12.2. The fourth-order valence-electron chi connectivity index (χ4n) is 3.35. The number of hydrogen-bond acceptors (Lipinski definition) is 4. The second-order valence-electron chi connectivity index (χ2n) is 6.09. The summed E-state index contributed by atoms with van der Waals surface area (Å²) in [7, 11) is 0. The molecule has 1 aliphatic carbocycles. The lowest BCUT2D eigenvalue weighted by Crippen LogP contribution is -2.44. The summed E-state index contributed by atoms with van der Waals surface area (Å²) in [6, 6.07) is 5.64. The molecule has 21 heavy (non-hydrogen) atoms. The third kappa shape index (κ3) is 2.64. The summed E-state index contributed by atoms with van der Waals surface area (Å²) in [5.41, 5.74) is -0.0187. The molecule has 2 amide bonds. The minimum Gasteiger partial charge on any atom is -0.432 e. The maximum absolute atomic E-state index is 12.6. The van der Waals surface area contributed by atoms with E-state index in [1.165, 1.54) is 4.90 Å². The maximum atomic E-state index is 12.6. The first-order valence-electron chi connectivity index (χ1n) is 7.55. The first kappa shape index (κ1) is 14.0. The molecule has 1 saturated carbocycles. The Morgan fingerprint density at radius 2 is 2.29 bits per heavy atom. The third-order valence-electron chi connectivity index (χ3n) is 4.41. The first-order chi connectivity index (χ1) is 10.1. The summed E-state index contributed by atoms with van der Waals surface area (Å²) < 4.78 is 5.49. The van der Waals surface area contributed by atoms with Gasteiger partial charge in [-0.15, -0.1) is 0 Å². The molecule has 2 aliphatic rings. The van der Waals surface area contributed by atoms with Gasteiger partial charge in [-0.25, -0.2) is 9.69 Å². The standard InChI is InChI=1S/C16H20N2O3/c1-12-5-4-8-16(11-12)14(19)18(15(20)21-16)10-7-13-6-2-3-9-17-13/h2-3,6,9,12H,4-5,7-8,10-11H2,1H3. The van der Waals surface area contributed by atoms with Crippen LogP contribution in [0.4, 0.5) is 4.79 Å². The average molecular weight is 288 g/mol. The van der Waals surface area contributed by atoms with E-state index in [-0.39, 0.29) is 5.91 Å². The topological polar surface area (TPSA) is 59.5 Å². The van der Waals surface area contributed by atoms with Crippen LogP contribution in [0, 0.1) is 5.92 Å². The van der Waals surface area contributed by atoms with Crippen LogP contribution in [0.25, 0.3) is 0 Å². The molecular formula is C16H20N2O3. The number of rotatable bonds is 3. The Hall–Kier alpha value is -1.91. The van der Waals surface area contributed by atoms with Gasteiger partial charge >= 0.3 is 6.09 Å². The first-order valence-corrected chi connectivity index (χ1v) is 7.55. The van der Waals surface area contributed by atoms with Gasteiger partial charge in [0.1, 0.15) is 0 Å². The molecule has 2 heterocycles. The van der Waals surface area contributed by atoms with Crippen molar-refractivity contribution in [3.05, 3.63) is 30.1 Å². The lowest BCUT2D eigenvalue weighted by molar-refractivity contribution is -0.140. The zero-order valence-electron chi connectivity index (χ0n) is 12.2. The molecule has 1 aliphatic heterocycles. The van der Waals surface area contributed by atoms with Gasteiger partial charge in [-0.05, 0) is 37.3 Å². The number of carbonyl (C=O) groups is 2. The highest BCUT2D eigenvalue weighted by molar-refractivity contribution is 6.03. The van der Waals surface area contributed by atoms with Gasteiger partial charge in [-0.3, -0.25) is 9.78 Å². The van der Waals surface area contributed by atoms with Crippen LogP contribution >= 0.6 is 0 Å². The maximum Gasteiger partial charge on any atom is 0.417 e. The van der Waals surface area contributed by atoms with Gasteiger partial charge in [0.2, 0.25) is 0 Å². The second kappa shape index (κ2) is 5.47. The molecule has 0 radical (unpaired) electrons. The Labute approximate surface area is 124 Å². The summed E-state index contributed by atoms with van der Waals surface area (Å²) in [6.45, 7) is 2.45. The van der Waals surface area contributed by atoms with Crippen molar-refractivity contribution in [1.82, 2.24) is 9.88 Å². The molecule has 112 valence electrons. The van der Waals surface area contributed by atoms with Crippen LogP contribution in [0.2, 0.25) is 0 Å². The number of ether oxygens (including phenoxy) is 1. The third-order valence-corrected chi connectivity index (χ3v) is 4.41. The Bertz CT molecular complexity index is 546. The highest BCUT2D eigenvalue weighted by Gasteiger charge is 2.54. The molecule has 5 heteroatoms. The van der Waals surface area contributed by atoms with Crippen LogP contribution in [0.5, 0.6) is 0 Å². The van der Waals surface area contributed by atoms with Crippen LogP contribution in [0.15, 0.2) is 24.4 Å². The average Bonchev–Trinajstić information content (AvgIpc) is 2.69. The number of carbonyl (C=O) groups excluding carboxylic acids is 2. The van der Waals surface area contributed by atoms with Gasteiger partial charge in [0, 0.05) is 24.9 Å². The van der Waals surface area contributed by atoms with Crippen LogP contribution in [-0.4, -0.2) is 34.0 Å². The van der Waals surface area contributed by atoms with Gasteiger partial charge in [0.05, 0.1) is 0 Å². The molecule has 3 rings (SSSR count). The fourth-order valence-corrected chi connectivity index (χ4v) is 3.35. The molecule has 0 bridgehead atoms. The summed E-state index contributed by atoms with van der Waals surface area (Å²) in [6.07, 6.45) is 5.12. The van der Waals surface area contributed by atoms with E-state index in [9.17, 15) is 9.59 Å². The molecule has 2 atom stereocenters. The van der Waals surface area contributed by atoms with Crippen molar-refractivity contribution in [2.24, 2.45) is 5.92 Å². The van der Waals surface area contributed by atoms with E-state index in [0.29, 0.717) is 31.7 Å². The molecule has 0 N–H and O–H groups in total. The normalized spacial score (nSPS) is 29.0. The van der Waals surface area contributed by atoms with Crippen LogP contribution in [0.3, 0.4) is 0 Å². The predicted molar refractivity (Wildman–Crippen MR) is 76.5 cm³/mol. The van der Waals surface area contributed by atoms with E-state index in [4.69, 9.17) is 4.74 Å². The number of pyridine rings is 1. The molecule has 5 nitrogen and oxygen atoms in total. The van der Waals surface area contributed by atoms with Crippen molar-refractivity contribution in [3.8, 4) is 0 Å². The van der Waals surface area contributed by atoms with Crippen LogP contribution < -0.4 is 0 Å². The molecular weight excluding hydrogens is 268 g/mol. The Morgan fingerprint density at radius 1 is 1.43 bits per heavy atom. The summed E-state index contributed by atoms with van der Waals surface area (Å²) >= 11 is 0. The summed E-state index contributed by atoms with van der Waals surface area (Å²) in [5.74, 6) is 0.265. The predicted octanol–water partition coefficient (Wildman–Crippen LogP) is 2.55. The van der Waals surface area contributed by atoms with Gasteiger partial charge in [0.15, 0.2) is 5.60 Å². The van der Waals surface area contributed by atoms with Crippen molar-refractivity contribution >= 4 is 12.0 Å². The molecule has 1 aromatic rings. The minimum absolute atomic E-state index is 0.157. The number of amides is 2. The van der Waals surface area contributed by atoms with Crippen molar-refractivity contribution in [2.75, 3.05) is 6.54 Å². The SMILES string of the molecule is CC1CCCC2(C1)OC(=O)N(CCc1ccccn1)C2=O. The second-order valence-corrected chi connectivity index (χ2v) is 6.09. The quantitative estimate of drug-likeness (QED) is 0.857. The van der Waals surface area contributed by atoms with Crippen molar-refractivity contribution < 1.29 is 14.3 Å². The number of nitrogens with zero attached hydrogens (tertiary/aromatic N) is 2. The molecule has 1 aromatic heterocycles. The van der Waals surface area contributed by atoms with Crippen molar-refractivity contribution in [3.63, 3.8) is 0 Å². The van der Waals surface area contributed by atoms with E-state index in [1.54, 1.807) is 6.20 Å². The van der Waals surface area contributed by atoms with Gasteiger partial charge in [-0.1, -0.05) is 19.4 Å². The summed E-state index contributed by atoms with van der Waals surface area (Å²) in [5, 5.41) is 0. The highest BCUT2D eigenvalue weighted by Crippen LogP contribution is 2.40. The smallest absolute Gasteiger partial charge is 0.417 e. The lowest BCUT2D eigenvalue weighted by atomic mass is 9.78. The minimum atomic E-state index is -0.890. The van der Waals surface area contributed by atoms with Crippen LogP contribution in [-0.2, 0) is 16.0 Å². The van der Waals surface area contributed by atoms with Crippen molar-refractivity contribution in [2.45, 2.75) is 44.6 Å². The monoisotopic (exact) mass is 288 g/mol. The van der Waals surface area contributed by atoms with E-state index in [0.717, 1.165) is 18.5 Å². The molecule has 1 spiro atoms. The van der Waals surface area contributed by atoms with Gasteiger partial charge in [0.25, 0.3) is 5.91 Å². The van der Waals surface area contributed by atoms with E-state index < -0.39 is 11.7 Å². The van der Waals surface area contributed by atoms with Crippen molar-refractivity contribution in [1.29, 1.82) is 0 Å². The molecule has 2 unspecified atom stereocenters. The largest absolute Gasteiger partial charge is 0.432 e. The lowest BCUT2D eigenvalue weighted by Gasteiger charge is -2.32. The number of imide groups is 1. The van der Waals surface area contributed by atoms with E-state index in [1.807, 2.05) is 18.2 Å². The van der Waals surface area contributed by atoms with Gasteiger partial charge in [-0.2, -0.15) is 0 Å². The number of hydrogen-bond donors (Lipinski definition) is 0. The Balaban J connectivity index is 1.69. The molecule has 1 saturated heterocycles. The molecule has 2 fully saturated rings. The Morgan fingerprint density at radius 3 is 3.00 bits per heavy atom. The van der Waals surface area contributed by atoms with E-state index in [2.05, 4.69) is 11.9 Å². The zero-order chi connectivity index (χ0) is 14.9. The van der Waals surface area contributed by atoms with E-state index >= 15 is 0 Å². The summed E-state index contributed by atoms with van der Waals surface area (Å²) in [4.78, 5) is 30.1. The fraction of sp³-hybridized carbons (Fsp3) is 0.562. The Kier molecular flexibility index (Phi) is 3.66. The number of aromatic nitrogens is 1.